The lowest BCUT2D eigenvalue weighted by Gasteiger charge is -2.26. The summed E-state index contributed by atoms with van der Waals surface area (Å²) < 4.78 is 18.6. The molecule has 5 nitrogen and oxygen atoms in total. The molecule has 3 rings (SSSR count). The van der Waals surface area contributed by atoms with Crippen LogP contribution in [-0.4, -0.2) is 46.5 Å². The Morgan fingerprint density at radius 1 is 1.30 bits per heavy atom. The first-order valence-electron chi connectivity index (χ1n) is 8.04. The van der Waals surface area contributed by atoms with Gasteiger partial charge >= 0.3 is 6.03 Å². The first-order chi connectivity index (χ1) is 11.0. The number of hydrogen-bond acceptors (Lipinski definition) is 3. The van der Waals surface area contributed by atoms with Crippen LogP contribution in [0.3, 0.4) is 0 Å². The second-order valence-electron chi connectivity index (χ2n) is 6.22. The van der Waals surface area contributed by atoms with Gasteiger partial charge in [-0.1, -0.05) is 6.92 Å². The van der Waals surface area contributed by atoms with E-state index in [9.17, 15) is 14.0 Å². The topological polar surface area (TPSA) is 49.9 Å². The smallest absolute Gasteiger partial charge is 0.327 e. The molecule has 6 heteroatoms. The van der Waals surface area contributed by atoms with Crippen molar-refractivity contribution >= 4 is 11.9 Å². The van der Waals surface area contributed by atoms with E-state index in [1.54, 1.807) is 11.8 Å². The van der Waals surface area contributed by atoms with E-state index in [2.05, 4.69) is 0 Å². The zero-order chi connectivity index (χ0) is 16.6. The number of nitrogens with zero attached hydrogens (tertiary/aromatic N) is 2. The molecular weight excluding hydrogens is 299 g/mol. The van der Waals surface area contributed by atoms with Crippen LogP contribution in [0, 0.1) is 5.82 Å². The average Bonchev–Trinajstić information content (AvgIpc) is 3.05. The molecule has 0 unspecified atom stereocenters. The van der Waals surface area contributed by atoms with Gasteiger partial charge in [-0.15, -0.1) is 0 Å². The van der Waals surface area contributed by atoms with Crippen LogP contribution in [-0.2, 0) is 4.79 Å². The van der Waals surface area contributed by atoms with Gasteiger partial charge in [0, 0.05) is 6.54 Å². The first-order valence-corrected chi connectivity index (χ1v) is 8.04. The fraction of sp³-hybridized carbons (Fsp3) is 0.529. The minimum atomic E-state index is -0.646. The van der Waals surface area contributed by atoms with E-state index in [-0.39, 0.29) is 30.4 Å². The van der Waals surface area contributed by atoms with Crippen LogP contribution in [0.2, 0.25) is 0 Å². The molecule has 0 aromatic heterocycles. The minimum absolute atomic E-state index is 0.114. The Bertz CT molecular complexity index is 619. The number of ether oxygens (including phenoxy) is 1. The van der Waals surface area contributed by atoms with Crippen molar-refractivity contribution in [1.29, 1.82) is 0 Å². The lowest BCUT2D eigenvalue weighted by atomic mass is 9.93. The summed E-state index contributed by atoms with van der Waals surface area (Å²) in [6.07, 6.45) is 1.89. The summed E-state index contributed by atoms with van der Waals surface area (Å²) in [5, 5.41) is 0. The maximum Gasteiger partial charge on any atom is 0.327 e. The average molecular weight is 320 g/mol. The van der Waals surface area contributed by atoms with Crippen LogP contribution in [0.4, 0.5) is 9.18 Å². The van der Waals surface area contributed by atoms with Gasteiger partial charge in [-0.2, -0.15) is 0 Å². The summed E-state index contributed by atoms with van der Waals surface area (Å²) in [5.74, 6) is 0.0705. The summed E-state index contributed by atoms with van der Waals surface area (Å²) in [6.45, 7) is 4.59. The fourth-order valence-corrected chi connectivity index (χ4v) is 3.58. The van der Waals surface area contributed by atoms with E-state index < -0.39 is 5.54 Å². The molecule has 1 aromatic rings. The number of imide groups is 1. The van der Waals surface area contributed by atoms with Crippen molar-refractivity contribution in [3.63, 3.8) is 0 Å². The Labute approximate surface area is 135 Å². The Morgan fingerprint density at radius 2 is 2.00 bits per heavy atom. The van der Waals surface area contributed by atoms with Crippen molar-refractivity contribution < 1.29 is 18.7 Å². The highest BCUT2D eigenvalue weighted by Crippen LogP contribution is 2.40. The summed E-state index contributed by atoms with van der Waals surface area (Å²) in [5.41, 5.74) is -0.646. The van der Waals surface area contributed by atoms with Gasteiger partial charge in [0.1, 0.15) is 23.2 Å². The van der Waals surface area contributed by atoms with Crippen molar-refractivity contribution in [3.8, 4) is 5.75 Å². The fourth-order valence-electron chi connectivity index (χ4n) is 3.58. The molecule has 0 bridgehead atoms. The number of hydrogen-bond donors (Lipinski definition) is 0. The molecule has 2 saturated heterocycles. The molecule has 0 saturated carbocycles. The third kappa shape index (κ3) is 2.56. The highest BCUT2D eigenvalue weighted by atomic mass is 19.1. The molecule has 0 spiro atoms. The van der Waals surface area contributed by atoms with Gasteiger partial charge in [0.25, 0.3) is 5.91 Å². The Kier molecular flexibility index (Phi) is 4.00. The molecular formula is C17H21FN2O3. The zero-order valence-electron chi connectivity index (χ0n) is 13.4. The molecule has 0 N–H and O–H groups in total. The molecule has 2 aliphatic heterocycles. The van der Waals surface area contributed by atoms with Gasteiger partial charge in [-0.25, -0.2) is 9.18 Å². The van der Waals surface area contributed by atoms with Gasteiger partial charge in [0.2, 0.25) is 0 Å². The second-order valence-corrected chi connectivity index (χ2v) is 6.22. The molecule has 1 aromatic carbocycles. The lowest BCUT2D eigenvalue weighted by molar-refractivity contribution is -0.133. The Hall–Kier alpha value is -2.11. The Balaban J connectivity index is 1.69. The maximum absolute atomic E-state index is 12.9. The molecule has 2 aliphatic rings. The highest BCUT2D eigenvalue weighted by molar-refractivity contribution is 6.07. The van der Waals surface area contributed by atoms with E-state index in [0.29, 0.717) is 18.7 Å². The summed E-state index contributed by atoms with van der Waals surface area (Å²) in [7, 11) is 0. The predicted octanol–water partition coefficient (Wildman–Crippen LogP) is 2.80. The van der Waals surface area contributed by atoms with Gasteiger partial charge in [-0.3, -0.25) is 9.69 Å². The van der Waals surface area contributed by atoms with Crippen LogP contribution in [0.25, 0.3) is 0 Å². The number of benzene rings is 1. The van der Waals surface area contributed by atoms with E-state index in [1.165, 1.54) is 29.2 Å². The number of halogens is 1. The highest BCUT2D eigenvalue weighted by Gasteiger charge is 2.58. The third-order valence-electron chi connectivity index (χ3n) is 4.77. The molecule has 0 aliphatic carbocycles. The number of carbonyl (C=O) groups excluding carboxylic acids is 2. The Morgan fingerprint density at radius 3 is 2.61 bits per heavy atom. The van der Waals surface area contributed by atoms with Gasteiger partial charge in [-0.05, 0) is 50.5 Å². The van der Waals surface area contributed by atoms with E-state index in [0.717, 1.165) is 12.8 Å². The number of carbonyl (C=O) groups is 2. The second kappa shape index (κ2) is 5.83. The number of amides is 3. The van der Waals surface area contributed by atoms with Crippen LogP contribution in [0.15, 0.2) is 24.3 Å². The lowest BCUT2D eigenvalue weighted by Crippen LogP contribution is -2.45. The van der Waals surface area contributed by atoms with Crippen molar-refractivity contribution in [1.82, 2.24) is 9.80 Å². The monoisotopic (exact) mass is 320 g/mol. The summed E-state index contributed by atoms with van der Waals surface area (Å²) >= 11 is 0. The quantitative estimate of drug-likeness (QED) is 0.784. The minimum Gasteiger partial charge on any atom is -0.489 e. The number of urea groups is 1. The van der Waals surface area contributed by atoms with Crippen molar-refractivity contribution in [2.24, 2.45) is 0 Å². The predicted molar refractivity (Wildman–Crippen MR) is 82.6 cm³/mol. The summed E-state index contributed by atoms with van der Waals surface area (Å²) in [6, 6.07) is 5.48. The SMILES string of the molecule is CC[C@]12CCCN1C(=O)N(C[C@H](C)Oc1ccc(F)cc1)C2=O. The molecule has 2 atom stereocenters. The van der Waals surface area contributed by atoms with Crippen LogP contribution >= 0.6 is 0 Å². The third-order valence-corrected chi connectivity index (χ3v) is 4.77. The molecule has 23 heavy (non-hydrogen) atoms. The van der Waals surface area contributed by atoms with E-state index >= 15 is 0 Å². The van der Waals surface area contributed by atoms with Crippen LogP contribution in [0.5, 0.6) is 5.75 Å². The first kappa shape index (κ1) is 15.8. The van der Waals surface area contributed by atoms with Gasteiger partial charge < -0.3 is 9.64 Å². The normalized spacial score (nSPS) is 25.0. The van der Waals surface area contributed by atoms with Crippen LogP contribution in [0.1, 0.15) is 33.1 Å². The van der Waals surface area contributed by atoms with Crippen molar-refractivity contribution in [3.05, 3.63) is 30.1 Å². The van der Waals surface area contributed by atoms with Crippen molar-refractivity contribution in [2.45, 2.75) is 44.8 Å². The summed E-state index contributed by atoms with van der Waals surface area (Å²) in [4.78, 5) is 28.3. The molecule has 0 radical (unpaired) electrons. The standard InChI is InChI=1S/C17H21FN2O3/c1-3-17-9-4-10-20(17)16(22)19(15(17)21)11-12(2)23-14-7-5-13(18)6-8-14/h5-8,12H,3-4,9-11H2,1-2H3/t12-,17+/m0/s1. The van der Waals surface area contributed by atoms with Gasteiger partial charge in [0.05, 0.1) is 6.54 Å². The maximum atomic E-state index is 12.9. The number of rotatable bonds is 5. The van der Waals surface area contributed by atoms with Crippen LogP contribution < -0.4 is 4.74 Å². The van der Waals surface area contributed by atoms with E-state index in [4.69, 9.17) is 4.74 Å². The molecule has 2 fully saturated rings. The number of fused-ring (bicyclic) bond motifs is 1. The molecule has 124 valence electrons. The zero-order valence-corrected chi connectivity index (χ0v) is 13.4. The van der Waals surface area contributed by atoms with E-state index in [1.807, 2.05) is 6.92 Å². The molecule has 3 amide bonds. The largest absolute Gasteiger partial charge is 0.489 e. The molecule has 2 heterocycles. The van der Waals surface area contributed by atoms with Gasteiger partial charge in [0.15, 0.2) is 0 Å². The van der Waals surface area contributed by atoms with Crippen molar-refractivity contribution in [2.75, 3.05) is 13.1 Å².